The number of benzene rings is 1. The molecular weight excluding hydrogens is 260 g/mol. The minimum Gasteiger partial charge on any atom is -0.484 e. The summed E-state index contributed by atoms with van der Waals surface area (Å²) in [5.41, 5.74) is 1.17. The lowest BCUT2D eigenvalue weighted by Gasteiger charge is -2.22. The maximum atomic E-state index is 13.2. The molecule has 1 N–H and O–H groups in total. The summed E-state index contributed by atoms with van der Waals surface area (Å²) in [5, 5.41) is 2.65. The molecule has 0 aliphatic carbocycles. The maximum Gasteiger partial charge on any atom is 0.260 e. The van der Waals surface area contributed by atoms with Crippen LogP contribution in [-0.2, 0) is 9.53 Å². The monoisotopic (exact) mass is 271 g/mol. The number of anilines is 1. The molecule has 1 amide bonds. The summed E-state index contributed by atoms with van der Waals surface area (Å²) >= 11 is 2.62. The van der Waals surface area contributed by atoms with Crippen LogP contribution < -0.4 is 5.32 Å². The van der Waals surface area contributed by atoms with Gasteiger partial charge in [-0.05, 0) is 38.1 Å². The highest BCUT2D eigenvalue weighted by molar-refractivity contribution is 6.33. The van der Waals surface area contributed by atoms with Gasteiger partial charge < -0.3 is 10.1 Å². The zero-order chi connectivity index (χ0) is 13.8. The van der Waals surface area contributed by atoms with E-state index in [2.05, 4.69) is 21.6 Å². The Bertz CT molecular complexity index is 661. The first-order valence-electron chi connectivity index (χ1n) is 5.91. The molecule has 2 aliphatic rings. The molecule has 0 spiro atoms. The van der Waals surface area contributed by atoms with Crippen molar-refractivity contribution in [1.29, 1.82) is 0 Å². The van der Waals surface area contributed by atoms with Crippen LogP contribution in [0.3, 0.4) is 0 Å². The van der Waals surface area contributed by atoms with Crippen LogP contribution in [0.15, 0.2) is 34.5 Å². The van der Waals surface area contributed by atoms with Crippen molar-refractivity contribution in [3.05, 3.63) is 45.9 Å². The quantitative estimate of drug-likeness (QED) is 0.581. The van der Waals surface area contributed by atoms with Crippen molar-refractivity contribution in [2.75, 3.05) is 5.32 Å². The number of fused-ring (bicyclic) bond motifs is 1. The van der Waals surface area contributed by atoms with Gasteiger partial charge in [0, 0.05) is 5.56 Å². The third kappa shape index (κ3) is 1.90. The van der Waals surface area contributed by atoms with E-state index in [0.717, 1.165) is 4.44 Å². The number of nitrogens with one attached hydrogen (secondary N) is 1. The Morgan fingerprint density at radius 3 is 2.74 bits per heavy atom. The Kier molecular flexibility index (Phi) is 2.60. The van der Waals surface area contributed by atoms with Crippen LogP contribution in [0, 0.1) is 5.82 Å². The lowest BCUT2D eigenvalue weighted by Crippen LogP contribution is -2.22. The normalized spacial score (nSPS) is 23.7. The Hall–Kier alpha value is -1.57. The van der Waals surface area contributed by atoms with Crippen LogP contribution in [-0.4, -0.2) is 27.8 Å². The van der Waals surface area contributed by atoms with E-state index in [1.807, 2.05) is 19.9 Å². The van der Waals surface area contributed by atoms with E-state index >= 15 is 0 Å². The zero-order valence-electron chi connectivity index (χ0n) is 10.6. The molecule has 94 valence electrons. The highest BCUT2D eigenvalue weighted by Crippen LogP contribution is 2.40. The fourth-order valence-corrected chi connectivity index (χ4v) is 2.40. The second-order valence-corrected chi connectivity index (χ2v) is 5.72. The first kappa shape index (κ1) is 12.5. The molecule has 0 fully saturated rings. The van der Waals surface area contributed by atoms with Gasteiger partial charge in [0.15, 0.2) is 16.3 Å². The van der Waals surface area contributed by atoms with Gasteiger partial charge in [0.05, 0.1) is 11.3 Å². The van der Waals surface area contributed by atoms with E-state index in [9.17, 15) is 9.18 Å². The van der Waals surface area contributed by atoms with Gasteiger partial charge in [-0.1, -0.05) is 0 Å². The lowest BCUT2D eigenvalue weighted by molar-refractivity contribution is -0.111. The standard InChI is InChI=1S/C14H11FNO2.Al/c1-14(2)6-5-11(18-14)12-9-4-3-8(15)7-10(9)16-13(12)17;/h3-5,7H,1-2H3,(H,16,17);/b12-11+;. The fraction of sp³-hybridized carbons (Fsp3) is 0.214. The summed E-state index contributed by atoms with van der Waals surface area (Å²) < 4.78 is 19.9. The number of hydrogen-bond acceptors (Lipinski definition) is 2. The highest BCUT2D eigenvalue weighted by Gasteiger charge is 2.34. The van der Waals surface area contributed by atoms with E-state index in [4.69, 9.17) is 4.74 Å². The molecule has 0 atom stereocenters. The molecule has 1 aromatic rings. The molecule has 0 saturated heterocycles. The molecule has 2 heterocycles. The zero-order valence-corrected chi connectivity index (χ0v) is 11.7. The van der Waals surface area contributed by atoms with Gasteiger partial charge in [-0.2, -0.15) is 0 Å². The molecule has 2 radical (unpaired) electrons. The average Bonchev–Trinajstić information content (AvgIpc) is 2.75. The Labute approximate surface area is 118 Å². The minimum absolute atomic E-state index is 0.262. The smallest absolute Gasteiger partial charge is 0.260 e. The number of amides is 1. The van der Waals surface area contributed by atoms with Crippen molar-refractivity contribution < 1.29 is 13.9 Å². The second-order valence-electron chi connectivity index (χ2n) is 5.10. The summed E-state index contributed by atoms with van der Waals surface area (Å²) in [6, 6.07) is 4.24. The summed E-state index contributed by atoms with van der Waals surface area (Å²) in [7, 11) is 0. The molecule has 3 nitrogen and oxygen atoms in total. The summed E-state index contributed by atoms with van der Waals surface area (Å²) in [6.07, 6.45) is 1.83. The predicted octanol–water partition coefficient (Wildman–Crippen LogP) is 2.35. The molecule has 0 unspecified atom stereocenters. The van der Waals surface area contributed by atoms with Crippen molar-refractivity contribution in [2.24, 2.45) is 0 Å². The molecular formula is C14H11AlFNO2. The highest BCUT2D eigenvalue weighted by atomic mass is 27.0. The second kappa shape index (κ2) is 3.96. The molecule has 0 bridgehead atoms. The maximum absolute atomic E-state index is 13.2. The number of allylic oxidation sites excluding steroid dienone is 1. The fourth-order valence-electron chi connectivity index (χ4n) is 2.19. The molecule has 0 aromatic heterocycles. The van der Waals surface area contributed by atoms with E-state index in [0.29, 0.717) is 22.6 Å². The largest absolute Gasteiger partial charge is 0.484 e. The molecule has 1 aromatic carbocycles. The summed E-state index contributed by atoms with van der Waals surface area (Å²) in [4.78, 5) is 12.0. The van der Waals surface area contributed by atoms with Gasteiger partial charge in [0.1, 0.15) is 17.2 Å². The lowest BCUT2D eigenvalue weighted by atomic mass is 10.1. The van der Waals surface area contributed by atoms with Crippen LogP contribution in [0.1, 0.15) is 19.4 Å². The van der Waals surface area contributed by atoms with Crippen LogP contribution in [0.5, 0.6) is 0 Å². The van der Waals surface area contributed by atoms with Crippen molar-refractivity contribution in [2.45, 2.75) is 19.4 Å². The van der Waals surface area contributed by atoms with Crippen molar-refractivity contribution in [3.63, 3.8) is 0 Å². The number of carbonyl (C=O) groups excluding carboxylic acids is 1. The van der Waals surface area contributed by atoms with E-state index in [1.165, 1.54) is 12.1 Å². The van der Waals surface area contributed by atoms with Crippen LogP contribution in [0.25, 0.3) is 5.57 Å². The van der Waals surface area contributed by atoms with E-state index in [1.54, 1.807) is 6.07 Å². The van der Waals surface area contributed by atoms with Crippen molar-refractivity contribution in [1.82, 2.24) is 0 Å². The SMILES string of the molecule is CC1(C)O/C(=C2/C(=O)Nc3cc(F)ccc32)C=[C]1[Al]. The minimum atomic E-state index is -0.448. The third-order valence-electron chi connectivity index (χ3n) is 3.32. The molecule has 3 rings (SSSR count). The van der Waals surface area contributed by atoms with Gasteiger partial charge in [0.25, 0.3) is 5.91 Å². The van der Waals surface area contributed by atoms with Gasteiger partial charge in [0.2, 0.25) is 0 Å². The van der Waals surface area contributed by atoms with Gasteiger partial charge in [-0.25, -0.2) is 4.39 Å². The Morgan fingerprint density at radius 2 is 2.11 bits per heavy atom. The summed E-state index contributed by atoms with van der Waals surface area (Å²) in [5.74, 6) is -0.111. The number of halogens is 1. The number of carbonyl (C=O) groups is 1. The van der Waals surface area contributed by atoms with Crippen LogP contribution in [0.4, 0.5) is 10.1 Å². The topological polar surface area (TPSA) is 38.3 Å². The summed E-state index contributed by atoms with van der Waals surface area (Å²) in [6.45, 7) is 3.86. The number of ether oxygens (including phenoxy) is 1. The van der Waals surface area contributed by atoms with Crippen LogP contribution in [0.2, 0.25) is 0 Å². The van der Waals surface area contributed by atoms with E-state index in [-0.39, 0.29) is 11.7 Å². The van der Waals surface area contributed by atoms with Crippen LogP contribution >= 0.6 is 0 Å². The predicted molar refractivity (Wildman–Crippen MR) is 71.0 cm³/mol. The van der Waals surface area contributed by atoms with E-state index < -0.39 is 5.60 Å². The molecule has 5 heteroatoms. The number of rotatable bonds is 0. The average molecular weight is 271 g/mol. The van der Waals surface area contributed by atoms with Gasteiger partial charge >= 0.3 is 0 Å². The Balaban J connectivity index is 2.16. The Morgan fingerprint density at radius 1 is 1.37 bits per heavy atom. The first-order valence-corrected chi connectivity index (χ1v) is 6.48. The first-order chi connectivity index (χ1) is 8.88. The van der Waals surface area contributed by atoms with Gasteiger partial charge in [-0.3, -0.25) is 4.79 Å². The molecule has 2 aliphatic heterocycles. The molecule has 19 heavy (non-hydrogen) atoms. The van der Waals surface area contributed by atoms with Crippen molar-refractivity contribution in [3.8, 4) is 0 Å². The van der Waals surface area contributed by atoms with Crippen molar-refractivity contribution >= 4 is 33.5 Å². The third-order valence-corrected chi connectivity index (χ3v) is 4.18. The van der Waals surface area contributed by atoms with Gasteiger partial charge in [-0.15, -0.1) is 4.44 Å². The molecule has 0 saturated carbocycles. The number of hydrogen-bond donors (Lipinski definition) is 1.